The number of imidazole rings is 1. The summed E-state index contributed by atoms with van der Waals surface area (Å²) in [4.78, 5) is 11.3. The van der Waals surface area contributed by atoms with Crippen molar-refractivity contribution in [2.75, 3.05) is 0 Å². The summed E-state index contributed by atoms with van der Waals surface area (Å²) in [7, 11) is 0. The van der Waals surface area contributed by atoms with Crippen molar-refractivity contribution in [3.63, 3.8) is 0 Å². The zero-order chi connectivity index (χ0) is 13.2. The molecule has 7 heteroatoms. The maximum absolute atomic E-state index is 6.05. The number of aryl methyl sites for hydroxylation is 1. The Labute approximate surface area is 113 Å². The highest BCUT2D eigenvalue weighted by Crippen LogP contribution is 2.25. The van der Waals surface area contributed by atoms with Gasteiger partial charge in [-0.25, -0.2) is 4.98 Å². The molecular formula is C12H13N5OS. The average molecular weight is 275 g/mol. The fourth-order valence-corrected chi connectivity index (χ4v) is 2.63. The monoisotopic (exact) mass is 275 g/mol. The fraction of sp³-hybridized carbons (Fsp3) is 0.250. The van der Waals surface area contributed by atoms with Gasteiger partial charge >= 0.3 is 0 Å². The highest BCUT2D eigenvalue weighted by Gasteiger charge is 2.17. The van der Waals surface area contributed by atoms with Crippen molar-refractivity contribution in [2.24, 2.45) is 5.73 Å². The number of nitrogens with two attached hydrogens (primary N) is 1. The van der Waals surface area contributed by atoms with Crippen molar-refractivity contribution in [3.05, 3.63) is 40.4 Å². The lowest BCUT2D eigenvalue weighted by Gasteiger charge is -2.03. The zero-order valence-electron chi connectivity index (χ0n) is 10.3. The van der Waals surface area contributed by atoms with Crippen LogP contribution in [-0.4, -0.2) is 20.1 Å². The molecule has 3 rings (SSSR count). The number of H-pyrrole nitrogens is 1. The Morgan fingerprint density at radius 2 is 2.37 bits per heavy atom. The summed E-state index contributed by atoms with van der Waals surface area (Å²) in [5.74, 6) is 1.03. The van der Waals surface area contributed by atoms with E-state index in [1.807, 2.05) is 12.3 Å². The van der Waals surface area contributed by atoms with Gasteiger partial charge in [0, 0.05) is 29.3 Å². The van der Waals surface area contributed by atoms with Crippen LogP contribution in [0.1, 0.15) is 23.2 Å². The van der Waals surface area contributed by atoms with E-state index in [9.17, 15) is 0 Å². The van der Waals surface area contributed by atoms with Crippen molar-refractivity contribution >= 4 is 11.3 Å². The number of nitrogens with one attached hydrogen (secondary N) is 1. The third kappa shape index (κ3) is 2.42. The van der Waals surface area contributed by atoms with Gasteiger partial charge in [-0.3, -0.25) is 0 Å². The minimum Gasteiger partial charge on any atom is -0.348 e. The number of thiophene rings is 1. The summed E-state index contributed by atoms with van der Waals surface area (Å²) in [6.07, 6.45) is 3.94. The van der Waals surface area contributed by atoms with Crippen LogP contribution in [0.2, 0.25) is 0 Å². The van der Waals surface area contributed by atoms with Gasteiger partial charge in [-0.1, -0.05) is 5.16 Å². The van der Waals surface area contributed by atoms with Crippen LogP contribution in [0.15, 0.2) is 27.8 Å². The zero-order valence-corrected chi connectivity index (χ0v) is 11.1. The van der Waals surface area contributed by atoms with Gasteiger partial charge in [0.05, 0.1) is 12.4 Å². The predicted octanol–water partition coefficient (Wildman–Crippen LogP) is 2.07. The molecule has 19 heavy (non-hydrogen) atoms. The van der Waals surface area contributed by atoms with Gasteiger partial charge in [0.25, 0.3) is 0 Å². The predicted molar refractivity (Wildman–Crippen MR) is 71.6 cm³/mol. The Hall–Kier alpha value is -1.99. The van der Waals surface area contributed by atoms with E-state index in [4.69, 9.17) is 10.3 Å². The summed E-state index contributed by atoms with van der Waals surface area (Å²) in [5.41, 5.74) is 9.13. The van der Waals surface area contributed by atoms with E-state index in [1.165, 1.54) is 0 Å². The summed E-state index contributed by atoms with van der Waals surface area (Å²) in [6.45, 7) is 2.02. The minimum atomic E-state index is -0.333. The lowest BCUT2D eigenvalue weighted by atomic mass is 10.2. The molecule has 0 aliphatic carbocycles. The third-order valence-electron chi connectivity index (χ3n) is 2.85. The number of nitrogens with zero attached hydrogens (tertiary/aromatic N) is 3. The first-order chi connectivity index (χ1) is 9.24. The van der Waals surface area contributed by atoms with Crippen LogP contribution in [0, 0.1) is 6.92 Å². The van der Waals surface area contributed by atoms with Crippen molar-refractivity contribution in [3.8, 4) is 11.4 Å². The van der Waals surface area contributed by atoms with Crippen molar-refractivity contribution in [1.82, 2.24) is 20.1 Å². The van der Waals surface area contributed by atoms with Crippen molar-refractivity contribution in [2.45, 2.75) is 19.4 Å². The quantitative estimate of drug-likeness (QED) is 0.760. The molecular weight excluding hydrogens is 262 g/mol. The van der Waals surface area contributed by atoms with E-state index >= 15 is 0 Å². The van der Waals surface area contributed by atoms with Crippen LogP contribution >= 0.6 is 11.3 Å². The summed E-state index contributed by atoms with van der Waals surface area (Å²) < 4.78 is 5.24. The molecule has 0 unspecified atom stereocenters. The van der Waals surface area contributed by atoms with Crippen molar-refractivity contribution in [1.29, 1.82) is 0 Å². The number of aromatic amines is 1. The molecule has 98 valence electrons. The number of hydrogen-bond donors (Lipinski definition) is 2. The topological polar surface area (TPSA) is 93.6 Å². The second-order valence-electron chi connectivity index (χ2n) is 4.31. The summed E-state index contributed by atoms with van der Waals surface area (Å²) in [5, 5.41) is 8.04. The summed E-state index contributed by atoms with van der Waals surface area (Å²) in [6, 6.07) is -0.333. The van der Waals surface area contributed by atoms with Gasteiger partial charge in [0.15, 0.2) is 0 Å². The molecule has 3 N–H and O–H groups in total. The molecule has 0 aromatic carbocycles. The van der Waals surface area contributed by atoms with Crippen LogP contribution < -0.4 is 5.73 Å². The lowest BCUT2D eigenvalue weighted by molar-refractivity contribution is 0.354. The minimum absolute atomic E-state index is 0.333. The van der Waals surface area contributed by atoms with Crippen LogP contribution in [-0.2, 0) is 6.42 Å². The maximum atomic E-state index is 6.05. The van der Waals surface area contributed by atoms with Crippen LogP contribution in [0.5, 0.6) is 0 Å². The fourth-order valence-electron chi connectivity index (χ4n) is 1.81. The SMILES string of the molecule is Cc1cscc1-c1noc([C@H](N)Cc2cnc[nH]2)n1. The Bertz CT molecular complexity index is 657. The Kier molecular flexibility index (Phi) is 3.14. The Morgan fingerprint density at radius 1 is 1.47 bits per heavy atom. The van der Waals surface area contributed by atoms with E-state index in [1.54, 1.807) is 23.9 Å². The van der Waals surface area contributed by atoms with Gasteiger partial charge in [-0.05, 0) is 17.9 Å². The molecule has 0 bridgehead atoms. The molecule has 6 nitrogen and oxygen atoms in total. The van der Waals surface area contributed by atoms with Gasteiger partial charge < -0.3 is 15.2 Å². The van der Waals surface area contributed by atoms with Crippen molar-refractivity contribution < 1.29 is 4.52 Å². The van der Waals surface area contributed by atoms with E-state index in [0.29, 0.717) is 18.1 Å². The van der Waals surface area contributed by atoms with Crippen LogP contribution in [0.25, 0.3) is 11.4 Å². The van der Waals surface area contributed by atoms with E-state index < -0.39 is 0 Å². The second-order valence-corrected chi connectivity index (χ2v) is 5.06. The van der Waals surface area contributed by atoms with E-state index in [2.05, 4.69) is 25.5 Å². The van der Waals surface area contributed by atoms with Crippen LogP contribution in [0.3, 0.4) is 0 Å². The van der Waals surface area contributed by atoms with Gasteiger partial charge in [0.1, 0.15) is 0 Å². The molecule has 0 spiro atoms. The Balaban J connectivity index is 1.79. The maximum Gasteiger partial charge on any atom is 0.244 e. The van der Waals surface area contributed by atoms with E-state index in [-0.39, 0.29) is 6.04 Å². The molecule has 0 saturated heterocycles. The first-order valence-electron chi connectivity index (χ1n) is 5.83. The molecule has 0 fully saturated rings. The number of aromatic nitrogens is 4. The first-order valence-corrected chi connectivity index (χ1v) is 6.78. The molecule has 0 saturated carbocycles. The van der Waals surface area contributed by atoms with E-state index in [0.717, 1.165) is 16.8 Å². The van der Waals surface area contributed by atoms with Gasteiger partial charge in [-0.15, -0.1) is 0 Å². The molecule has 3 aromatic rings. The lowest BCUT2D eigenvalue weighted by Crippen LogP contribution is -2.13. The average Bonchev–Trinajstić information content (AvgIpc) is 3.08. The number of hydrogen-bond acceptors (Lipinski definition) is 6. The highest BCUT2D eigenvalue weighted by molar-refractivity contribution is 7.08. The smallest absolute Gasteiger partial charge is 0.244 e. The molecule has 0 amide bonds. The first kappa shape index (κ1) is 12.1. The largest absolute Gasteiger partial charge is 0.348 e. The second kappa shape index (κ2) is 4.94. The molecule has 0 aliphatic rings. The molecule has 3 heterocycles. The molecule has 0 radical (unpaired) electrons. The van der Waals surface area contributed by atoms with Gasteiger partial charge in [-0.2, -0.15) is 16.3 Å². The molecule has 1 atom stereocenters. The highest BCUT2D eigenvalue weighted by atomic mass is 32.1. The standard InChI is InChI=1S/C12H13N5OS/c1-7-4-19-5-9(7)11-16-12(18-17-11)10(13)2-8-3-14-6-15-8/h3-6,10H,2,13H2,1H3,(H,14,15)/t10-/m1/s1. The Morgan fingerprint density at radius 3 is 3.05 bits per heavy atom. The molecule has 0 aliphatic heterocycles. The normalized spacial score (nSPS) is 12.7. The van der Waals surface area contributed by atoms with Gasteiger partial charge in [0.2, 0.25) is 11.7 Å². The third-order valence-corrected chi connectivity index (χ3v) is 3.71. The number of rotatable bonds is 4. The summed E-state index contributed by atoms with van der Waals surface area (Å²) >= 11 is 1.62. The molecule has 3 aromatic heterocycles. The van der Waals surface area contributed by atoms with Crippen LogP contribution in [0.4, 0.5) is 0 Å².